The zero-order valence-electron chi connectivity index (χ0n) is 16.6. The molecule has 2 fully saturated rings. The number of carbonyl (C=O) groups excluding carboxylic acids is 1. The van der Waals surface area contributed by atoms with Crippen LogP contribution in [0.3, 0.4) is 0 Å². The van der Waals surface area contributed by atoms with Crippen LogP contribution in [0.5, 0.6) is 0 Å². The minimum Gasteiger partial charge on any atom is -0.368 e. The number of nitrogens with zero attached hydrogens (tertiary/aromatic N) is 3. The van der Waals surface area contributed by atoms with E-state index in [9.17, 15) is 9.18 Å². The van der Waals surface area contributed by atoms with Gasteiger partial charge in [-0.25, -0.2) is 4.39 Å². The topological polar surface area (TPSA) is 26.8 Å². The van der Waals surface area contributed by atoms with E-state index < -0.39 is 0 Å². The molecule has 2 aromatic carbocycles. The lowest BCUT2D eigenvalue weighted by atomic mass is 10.1. The summed E-state index contributed by atoms with van der Waals surface area (Å²) in [6.07, 6.45) is 2.55. The molecule has 0 aromatic heterocycles. The van der Waals surface area contributed by atoms with Crippen molar-refractivity contribution in [3.05, 3.63) is 70.0 Å². The lowest BCUT2D eigenvalue weighted by Crippen LogP contribution is -2.44. The first-order valence-electron chi connectivity index (χ1n) is 9.97. The molecule has 1 amide bonds. The van der Waals surface area contributed by atoms with Crippen molar-refractivity contribution in [1.29, 1.82) is 0 Å². The van der Waals surface area contributed by atoms with Gasteiger partial charge in [-0.05, 0) is 55.4 Å². The molecule has 4 rings (SSSR count). The van der Waals surface area contributed by atoms with Crippen LogP contribution < -0.4 is 4.90 Å². The Bertz CT molecular complexity index is 920. The highest BCUT2D eigenvalue weighted by atomic mass is 35.5. The Balaban J connectivity index is 1.54. The molecule has 0 unspecified atom stereocenters. The monoisotopic (exact) mass is 413 g/mol. The molecule has 2 aliphatic heterocycles. The molecule has 29 heavy (non-hydrogen) atoms. The van der Waals surface area contributed by atoms with Gasteiger partial charge in [-0.15, -0.1) is 0 Å². The molecule has 0 aliphatic carbocycles. The average molecular weight is 414 g/mol. The van der Waals surface area contributed by atoms with E-state index in [4.69, 9.17) is 11.6 Å². The highest BCUT2D eigenvalue weighted by molar-refractivity contribution is 6.30. The molecule has 2 aromatic rings. The number of halogens is 2. The molecule has 2 heterocycles. The van der Waals surface area contributed by atoms with Crippen LogP contribution in [0.2, 0.25) is 5.02 Å². The molecular formula is C23H25ClFN3O. The minimum atomic E-state index is -0.279. The van der Waals surface area contributed by atoms with Gasteiger partial charge >= 0.3 is 0 Å². The summed E-state index contributed by atoms with van der Waals surface area (Å²) in [5, 5.41) is 0.685. The van der Waals surface area contributed by atoms with Crippen LogP contribution in [-0.2, 0) is 11.3 Å². The van der Waals surface area contributed by atoms with E-state index in [1.54, 1.807) is 0 Å². The van der Waals surface area contributed by atoms with Crippen LogP contribution in [0, 0.1) is 5.82 Å². The number of anilines is 1. The Hall–Kier alpha value is -2.37. The quantitative estimate of drug-likeness (QED) is 0.707. The normalized spacial score (nSPS) is 19.4. The van der Waals surface area contributed by atoms with Crippen LogP contribution in [0.15, 0.2) is 48.0 Å². The lowest BCUT2D eigenvalue weighted by molar-refractivity contribution is -0.125. The van der Waals surface area contributed by atoms with Gasteiger partial charge in [0.05, 0.1) is 0 Å². The highest BCUT2D eigenvalue weighted by Crippen LogP contribution is 2.29. The summed E-state index contributed by atoms with van der Waals surface area (Å²) in [5.41, 5.74) is 3.56. The van der Waals surface area contributed by atoms with E-state index in [1.165, 1.54) is 12.1 Å². The molecule has 2 saturated heterocycles. The third-order valence-corrected chi connectivity index (χ3v) is 5.91. The summed E-state index contributed by atoms with van der Waals surface area (Å²) >= 11 is 5.94. The number of carbonyl (C=O) groups is 1. The van der Waals surface area contributed by atoms with Gasteiger partial charge in [0.25, 0.3) is 0 Å². The Labute approximate surface area is 176 Å². The summed E-state index contributed by atoms with van der Waals surface area (Å²) in [6, 6.07) is 12.4. The predicted molar refractivity (Wildman–Crippen MR) is 116 cm³/mol. The van der Waals surface area contributed by atoms with Gasteiger partial charge in [0.2, 0.25) is 5.91 Å². The van der Waals surface area contributed by atoms with Crippen molar-refractivity contribution in [3.8, 4) is 0 Å². The smallest absolute Gasteiger partial charge is 0.250 e. The largest absolute Gasteiger partial charge is 0.368 e. The maximum Gasteiger partial charge on any atom is 0.250 e. The number of likely N-dealkylation sites (tertiary alicyclic amines) is 1. The number of hydrogen-bond acceptors (Lipinski definition) is 3. The average Bonchev–Trinajstić information content (AvgIpc) is 3.04. The third-order valence-electron chi connectivity index (χ3n) is 5.66. The molecule has 152 valence electrons. The molecule has 0 N–H and O–H groups in total. The van der Waals surface area contributed by atoms with Gasteiger partial charge in [-0.1, -0.05) is 23.7 Å². The first-order chi connectivity index (χ1) is 14.0. The second-order valence-electron chi connectivity index (χ2n) is 7.77. The van der Waals surface area contributed by atoms with Crippen LogP contribution >= 0.6 is 11.6 Å². The summed E-state index contributed by atoms with van der Waals surface area (Å²) in [7, 11) is 2.11. The van der Waals surface area contributed by atoms with E-state index in [0.29, 0.717) is 24.5 Å². The molecule has 0 radical (unpaired) electrons. The number of likely N-dealkylation sites (N-methyl/N-ethyl adjacent to an activating group) is 1. The zero-order chi connectivity index (χ0) is 20.4. The Kier molecular flexibility index (Phi) is 5.88. The van der Waals surface area contributed by atoms with Crippen LogP contribution in [0.25, 0.3) is 6.08 Å². The molecule has 0 bridgehead atoms. The number of amides is 1. The number of hydrogen-bond donors (Lipinski definition) is 0. The Morgan fingerprint density at radius 1 is 1.03 bits per heavy atom. The predicted octanol–water partition coefficient (Wildman–Crippen LogP) is 4.05. The summed E-state index contributed by atoms with van der Waals surface area (Å²) in [6.45, 7) is 4.97. The van der Waals surface area contributed by atoms with Crippen molar-refractivity contribution in [2.75, 3.05) is 44.7 Å². The minimum absolute atomic E-state index is 0.0218. The van der Waals surface area contributed by atoms with E-state index in [1.807, 2.05) is 41.3 Å². The van der Waals surface area contributed by atoms with Crippen molar-refractivity contribution < 1.29 is 9.18 Å². The van der Waals surface area contributed by atoms with Crippen molar-refractivity contribution in [2.24, 2.45) is 0 Å². The van der Waals surface area contributed by atoms with E-state index in [2.05, 4.69) is 16.8 Å². The molecular weight excluding hydrogens is 389 g/mol. The van der Waals surface area contributed by atoms with E-state index in [-0.39, 0.29) is 11.7 Å². The molecule has 4 nitrogen and oxygen atoms in total. The van der Waals surface area contributed by atoms with Crippen LogP contribution in [0.4, 0.5) is 10.1 Å². The summed E-state index contributed by atoms with van der Waals surface area (Å²) in [4.78, 5) is 19.3. The van der Waals surface area contributed by atoms with Crippen molar-refractivity contribution in [2.45, 2.75) is 13.0 Å². The maximum absolute atomic E-state index is 14.0. The number of piperazine rings is 1. The maximum atomic E-state index is 14.0. The second-order valence-corrected chi connectivity index (χ2v) is 8.20. The van der Waals surface area contributed by atoms with Gasteiger partial charge in [-0.3, -0.25) is 4.79 Å². The number of rotatable bonds is 4. The molecule has 0 atom stereocenters. The van der Waals surface area contributed by atoms with Gasteiger partial charge in [0.1, 0.15) is 5.82 Å². The second kappa shape index (κ2) is 8.56. The fraction of sp³-hybridized carbons (Fsp3) is 0.348. The fourth-order valence-electron chi connectivity index (χ4n) is 3.93. The first-order valence-corrected chi connectivity index (χ1v) is 10.3. The molecule has 0 spiro atoms. The van der Waals surface area contributed by atoms with Crippen molar-refractivity contribution in [1.82, 2.24) is 9.80 Å². The van der Waals surface area contributed by atoms with Crippen molar-refractivity contribution >= 4 is 29.3 Å². The zero-order valence-corrected chi connectivity index (χ0v) is 17.3. The van der Waals surface area contributed by atoms with Gasteiger partial charge in [0.15, 0.2) is 0 Å². The van der Waals surface area contributed by atoms with Crippen molar-refractivity contribution in [3.63, 3.8) is 0 Å². The Morgan fingerprint density at radius 3 is 2.48 bits per heavy atom. The number of benzene rings is 2. The molecule has 0 saturated carbocycles. The third kappa shape index (κ3) is 4.62. The first kappa shape index (κ1) is 19.9. The van der Waals surface area contributed by atoms with Crippen LogP contribution in [-0.4, -0.2) is 55.5 Å². The molecule has 6 heteroatoms. The lowest BCUT2D eigenvalue weighted by Gasteiger charge is -2.35. The van der Waals surface area contributed by atoms with Gasteiger partial charge in [0, 0.05) is 61.1 Å². The SMILES string of the molecule is CN1CCN(c2ccc(F)cc2C=C2CCN(Cc3ccc(Cl)cc3)C2=O)CC1. The highest BCUT2D eigenvalue weighted by Gasteiger charge is 2.26. The van der Waals surface area contributed by atoms with Crippen LogP contribution in [0.1, 0.15) is 17.5 Å². The Morgan fingerprint density at radius 2 is 1.76 bits per heavy atom. The fourth-order valence-corrected chi connectivity index (χ4v) is 4.05. The summed E-state index contributed by atoms with van der Waals surface area (Å²) < 4.78 is 14.0. The van der Waals surface area contributed by atoms with E-state index >= 15 is 0 Å². The van der Waals surface area contributed by atoms with Gasteiger partial charge < -0.3 is 14.7 Å². The van der Waals surface area contributed by atoms with E-state index in [0.717, 1.165) is 48.6 Å². The summed E-state index contributed by atoms with van der Waals surface area (Å²) in [5.74, 6) is -0.258. The standard InChI is InChI=1S/C23H25ClFN3O/c1-26-10-12-27(13-11-26)22-7-6-21(25)15-19(22)14-18-8-9-28(23(18)29)16-17-2-4-20(24)5-3-17/h2-7,14-15H,8-13,16H2,1H3. The molecule has 2 aliphatic rings. The van der Waals surface area contributed by atoms with Gasteiger partial charge in [-0.2, -0.15) is 0 Å².